The van der Waals surface area contributed by atoms with Gasteiger partial charge in [-0.3, -0.25) is 0 Å². The molecule has 0 bridgehead atoms. The number of nitrogens with zero attached hydrogens (tertiary/aromatic N) is 1. The number of halogens is 1. The van der Waals surface area contributed by atoms with Crippen molar-refractivity contribution in [2.45, 2.75) is 23.8 Å². The molecular weight excluding hydrogens is 304 g/mol. The first-order chi connectivity index (χ1) is 9.32. The molecule has 0 saturated carbocycles. The summed E-state index contributed by atoms with van der Waals surface area (Å²) in [4.78, 5) is 10.9. The summed E-state index contributed by atoms with van der Waals surface area (Å²) in [6.07, 6.45) is 1.51. The summed E-state index contributed by atoms with van der Waals surface area (Å²) in [5, 5.41) is 8.78. The van der Waals surface area contributed by atoms with E-state index >= 15 is 0 Å². The van der Waals surface area contributed by atoms with Gasteiger partial charge < -0.3 is 10.8 Å². The molecule has 8 heteroatoms. The number of carboxylic acid groups (broad SMARTS) is 1. The minimum absolute atomic E-state index is 0.0124. The number of sulfonamides is 1. The number of hydrogen-bond acceptors (Lipinski definition) is 4. The van der Waals surface area contributed by atoms with Crippen LogP contribution >= 0.6 is 11.6 Å². The fourth-order valence-corrected chi connectivity index (χ4v) is 4.06. The smallest absolute Gasteiger partial charge is 0.337 e. The van der Waals surface area contributed by atoms with Crippen LogP contribution in [0.5, 0.6) is 0 Å². The molecule has 1 unspecified atom stereocenters. The van der Waals surface area contributed by atoms with Crippen LogP contribution in [0.15, 0.2) is 23.1 Å². The van der Waals surface area contributed by atoms with Crippen LogP contribution in [-0.4, -0.2) is 42.9 Å². The third kappa shape index (κ3) is 2.95. The summed E-state index contributed by atoms with van der Waals surface area (Å²) < 4.78 is 26.2. The lowest BCUT2D eigenvalue weighted by atomic mass is 10.1. The fraction of sp³-hybridized carbons (Fsp3) is 0.417. The predicted octanol–water partition coefficient (Wildman–Crippen LogP) is 1.15. The molecule has 0 spiro atoms. The van der Waals surface area contributed by atoms with Gasteiger partial charge in [0.1, 0.15) is 0 Å². The molecule has 1 aliphatic heterocycles. The second kappa shape index (κ2) is 5.69. The van der Waals surface area contributed by atoms with Crippen LogP contribution < -0.4 is 5.73 Å². The van der Waals surface area contributed by atoms with Crippen molar-refractivity contribution < 1.29 is 18.3 Å². The quantitative estimate of drug-likeness (QED) is 0.870. The average molecular weight is 319 g/mol. The molecule has 0 amide bonds. The topological polar surface area (TPSA) is 101 Å². The van der Waals surface area contributed by atoms with Crippen molar-refractivity contribution in [1.29, 1.82) is 0 Å². The highest BCUT2D eigenvalue weighted by atomic mass is 35.5. The Kier molecular flexibility index (Phi) is 4.33. The predicted molar refractivity (Wildman–Crippen MR) is 74.4 cm³/mol. The summed E-state index contributed by atoms with van der Waals surface area (Å²) in [7, 11) is -3.68. The van der Waals surface area contributed by atoms with Crippen LogP contribution in [0.4, 0.5) is 0 Å². The van der Waals surface area contributed by atoms with Crippen LogP contribution in [0.25, 0.3) is 0 Å². The first kappa shape index (κ1) is 15.2. The van der Waals surface area contributed by atoms with Gasteiger partial charge in [-0.05, 0) is 31.0 Å². The van der Waals surface area contributed by atoms with Gasteiger partial charge in [-0.15, -0.1) is 0 Å². The van der Waals surface area contributed by atoms with Crippen molar-refractivity contribution in [3.05, 3.63) is 28.8 Å². The molecule has 1 aliphatic rings. The van der Waals surface area contributed by atoms with Crippen LogP contribution in [0, 0.1) is 0 Å². The number of carboxylic acids is 1. The normalized spacial score (nSPS) is 20.8. The van der Waals surface area contributed by atoms with E-state index in [2.05, 4.69) is 0 Å². The van der Waals surface area contributed by atoms with Gasteiger partial charge in [0.25, 0.3) is 0 Å². The number of nitrogens with two attached hydrogens (primary N) is 1. The Balaban J connectivity index is 2.34. The zero-order chi connectivity index (χ0) is 14.9. The van der Waals surface area contributed by atoms with E-state index in [1.807, 2.05) is 0 Å². The summed E-state index contributed by atoms with van der Waals surface area (Å²) in [5.41, 5.74) is 5.66. The van der Waals surface area contributed by atoms with E-state index in [1.54, 1.807) is 0 Å². The van der Waals surface area contributed by atoms with Crippen molar-refractivity contribution in [2.75, 3.05) is 13.1 Å². The zero-order valence-electron chi connectivity index (χ0n) is 10.6. The molecule has 1 fully saturated rings. The molecule has 1 aromatic carbocycles. The van der Waals surface area contributed by atoms with E-state index < -0.39 is 16.0 Å². The number of piperidine rings is 1. The Labute approximate surface area is 122 Å². The minimum Gasteiger partial charge on any atom is -0.478 e. The third-order valence-electron chi connectivity index (χ3n) is 3.23. The maximum Gasteiger partial charge on any atom is 0.337 e. The van der Waals surface area contributed by atoms with E-state index in [0.29, 0.717) is 13.0 Å². The first-order valence-electron chi connectivity index (χ1n) is 6.11. The van der Waals surface area contributed by atoms with Crippen molar-refractivity contribution in [3.63, 3.8) is 0 Å². The van der Waals surface area contributed by atoms with Gasteiger partial charge in [0.05, 0.1) is 15.5 Å². The summed E-state index contributed by atoms with van der Waals surface area (Å²) in [5.74, 6) is -1.20. The van der Waals surface area contributed by atoms with Crippen LogP contribution in [0.3, 0.4) is 0 Å². The Morgan fingerprint density at radius 1 is 1.45 bits per heavy atom. The summed E-state index contributed by atoms with van der Waals surface area (Å²) in [6.45, 7) is 0.676. The van der Waals surface area contributed by atoms with E-state index in [4.69, 9.17) is 22.4 Å². The van der Waals surface area contributed by atoms with Crippen molar-refractivity contribution in [1.82, 2.24) is 4.31 Å². The van der Waals surface area contributed by atoms with E-state index in [0.717, 1.165) is 6.42 Å². The zero-order valence-corrected chi connectivity index (χ0v) is 12.2. The first-order valence-corrected chi connectivity index (χ1v) is 7.93. The van der Waals surface area contributed by atoms with Crippen molar-refractivity contribution in [3.8, 4) is 0 Å². The molecule has 0 aromatic heterocycles. The maximum absolute atomic E-state index is 12.4. The molecule has 1 atom stereocenters. The van der Waals surface area contributed by atoms with Gasteiger partial charge in [-0.1, -0.05) is 11.6 Å². The number of rotatable bonds is 3. The van der Waals surface area contributed by atoms with Gasteiger partial charge in [0, 0.05) is 19.1 Å². The monoisotopic (exact) mass is 318 g/mol. The molecule has 1 heterocycles. The van der Waals surface area contributed by atoms with E-state index in [-0.39, 0.29) is 28.1 Å². The van der Waals surface area contributed by atoms with Gasteiger partial charge in [0.2, 0.25) is 10.0 Å². The van der Waals surface area contributed by atoms with Gasteiger partial charge in [-0.2, -0.15) is 4.31 Å². The Hall–Kier alpha value is -1.15. The maximum atomic E-state index is 12.4. The molecular formula is C12H15ClN2O4S. The van der Waals surface area contributed by atoms with Gasteiger partial charge in [0.15, 0.2) is 0 Å². The molecule has 1 aromatic rings. The molecule has 110 valence electrons. The molecule has 1 saturated heterocycles. The van der Waals surface area contributed by atoms with Crippen LogP contribution in [0.2, 0.25) is 5.02 Å². The molecule has 20 heavy (non-hydrogen) atoms. The highest BCUT2D eigenvalue weighted by molar-refractivity contribution is 7.89. The second-order valence-corrected chi connectivity index (χ2v) is 7.06. The lowest BCUT2D eigenvalue weighted by Gasteiger charge is -2.29. The van der Waals surface area contributed by atoms with Crippen molar-refractivity contribution in [2.24, 2.45) is 5.73 Å². The van der Waals surface area contributed by atoms with Crippen molar-refractivity contribution >= 4 is 27.6 Å². The third-order valence-corrected chi connectivity index (χ3v) is 5.40. The lowest BCUT2D eigenvalue weighted by Crippen LogP contribution is -2.45. The number of aromatic carboxylic acids is 1. The van der Waals surface area contributed by atoms with E-state index in [1.165, 1.54) is 22.5 Å². The highest BCUT2D eigenvalue weighted by Crippen LogP contribution is 2.25. The molecule has 0 radical (unpaired) electrons. The van der Waals surface area contributed by atoms with Gasteiger partial charge in [-0.25, -0.2) is 13.2 Å². The standard InChI is InChI=1S/C12H15ClN2O4S/c13-11-6-9(3-4-10(11)12(16)17)20(18,19)15-5-1-2-8(14)7-15/h3-4,6,8H,1-2,5,7,14H2,(H,16,17). The lowest BCUT2D eigenvalue weighted by molar-refractivity contribution is 0.0697. The molecule has 6 nitrogen and oxygen atoms in total. The minimum atomic E-state index is -3.68. The van der Waals surface area contributed by atoms with Gasteiger partial charge >= 0.3 is 5.97 Å². The SMILES string of the molecule is NC1CCCN(S(=O)(=O)c2ccc(C(=O)O)c(Cl)c2)C1. The van der Waals surface area contributed by atoms with E-state index in [9.17, 15) is 13.2 Å². The second-order valence-electron chi connectivity index (χ2n) is 4.71. The number of hydrogen-bond donors (Lipinski definition) is 2. The molecule has 2 rings (SSSR count). The van der Waals surface area contributed by atoms with Crippen LogP contribution in [-0.2, 0) is 10.0 Å². The average Bonchev–Trinajstić information content (AvgIpc) is 2.38. The summed E-state index contributed by atoms with van der Waals surface area (Å²) >= 11 is 5.81. The molecule has 3 N–H and O–H groups in total. The Morgan fingerprint density at radius 3 is 2.70 bits per heavy atom. The Morgan fingerprint density at radius 2 is 2.15 bits per heavy atom. The summed E-state index contributed by atoms with van der Waals surface area (Å²) in [6, 6.07) is 3.44. The Bertz CT molecular complexity index is 632. The largest absolute Gasteiger partial charge is 0.478 e. The highest BCUT2D eigenvalue weighted by Gasteiger charge is 2.29. The number of benzene rings is 1. The number of carbonyl (C=O) groups is 1. The fourth-order valence-electron chi connectivity index (χ4n) is 2.17. The molecule has 0 aliphatic carbocycles. The van der Waals surface area contributed by atoms with Crippen LogP contribution in [0.1, 0.15) is 23.2 Å².